The monoisotopic (exact) mass is 634 g/mol. The number of piperidine rings is 2. The normalized spacial score (nSPS) is 20.7. The Morgan fingerprint density at radius 1 is 0.523 bits per heavy atom. The highest BCUT2D eigenvalue weighted by Crippen LogP contribution is 2.36. The Morgan fingerprint density at radius 3 is 1.32 bits per heavy atom. The smallest absolute Gasteiger partial charge is 0.243 e. The van der Waals surface area contributed by atoms with Crippen molar-refractivity contribution in [3.05, 3.63) is 83.9 Å². The molecule has 4 aliphatic heterocycles. The number of fused-ring (bicyclic) bond motifs is 2. The van der Waals surface area contributed by atoms with Crippen LogP contribution in [0.4, 0.5) is 11.4 Å². The summed E-state index contributed by atoms with van der Waals surface area (Å²) < 4.78 is 57.4. The van der Waals surface area contributed by atoms with Crippen molar-refractivity contribution in [3.63, 3.8) is 0 Å². The number of rotatable bonds is 6. The second-order valence-corrected chi connectivity index (χ2v) is 15.8. The molecule has 0 radical (unpaired) electrons. The van der Waals surface area contributed by atoms with Gasteiger partial charge in [0.1, 0.15) is 0 Å². The summed E-state index contributed by atoms with van der Waals surface area (Å²) in [5, 5.41) is 0. The number of carbonyl (C=O) groups is 2. The molecule has 10 nitrogen and oxygen atoms in total. The Morgan fingerprint density at radius 2 is 0.909 bits per heavy atom. The number of para-hydroxylation sites is 2. The van der Waals surface area contributed by atoms with Crippen molar-refractivity contribution in [2.45, 2.75) is 60.4 Å². The van der Waals surface area contributed by atoms with E-state index in [-0.39, 0.29) is 59.9 Å². The number of hydrogen-bond donors (Lipinski definition) is 0. The van der Waals surface area contributed by atoms with Crippen molar-refractivity contribution in [2.24, 2.45) is 0 Å². The number of amides is 2. The molecule has 3 aromatic rings. The van der Waals surface area contributed by atoms with Gasteiger partial charge in [-0.3, -0.25) is 9.59 Å². The molecule has 0 aromatic heterocycles. The van der Waals surface area contributed by atoms with Crippen LogP contribution in [0.15, 0.2) is 82.6 Å². The fraction of sp³-hybridized carbons (Fsp3) is 0.375. The summed E-state index contributed by atoms with van der Waals surface area (Å²) in [5.74, 6) is 0.0672. The van der Waals surface area contributed by atoms with E-state index in [9.17, 15) is 26.4 Å². The molecule has 44 heavy (non-hydrogen) atoms. The Bertz CT molecular complexity index is 1710. The van der Waals surface area contributed by atoms with Crippen LogP contribution in [0.5, 0.6) is 0 Å². The maximum absolute atomic E-state index is 13.7. The minimum atomic E-state index is -3.95. The average molecular weight is 635 g/mol. The molecule has 0 spiro atoms. The molecule has 0 atom stereocenters. The molecule has 0 saturated carbocycles. The minimum Gasteiger partial charge on any atom is -0.309 e. The lowest BCUT2D eigenvalue weighted by Crippen LogP contribution is -2.48. The lowest BCUT2D eigenvalue weighted by atomic mass is 10.0. The zero-order valence-corrected chi connectivity index (χ0v) is 25.8. The van der Waals surface area contributed by atoms with Crippen molar-refractivity contribution in [1.29, 1.82) is 0 Å². The Kier molecular flexibility index (Phi) is 7.35. The molecule has 4 aliphatic rings. The number of sulfonamides is 2. The van der Waals surface area contributed by atoms with Crippen molar-refractivity contribution in [2.75, 3.05) is 36.0 Å². The lowest BCUT2D eigenvalue weighted by molar-refractivity contribution is -0.118. The van der Waals surface area contributed by atoms with Gasteiger partial charge in [-0.1, -0.05) is 42.5 Å². The summed E-state index contributed by atoms with van der Waals surface area (Å²) in [6.07, 6.45) is 2.70. The van der Waals surface area contributed by atoms with Crippen LogP contribution in [0.1, 0.15) is 36.8 Å². The number of benzene rings is 3. The lowest BCUT2D eigenvalue weighted by Gasteiger charge is -2.37. The molecule has 7 rings (SSSR count). The van der Waals surface area contributed by atoms with E-state index in [1.165, 1.54) is 32.9 Å². The Balaban J connectivity index is 1.02. The summed E-state index contributed by atoms with van der Waals surface area (Å²) in [7, 11) is -7.90. The van der Waals surface area contributed by atoms with E-state index in [1.807, 2.05) is 58.3 Å². The second kappa shape index (κ2) is 11.1. The zero-order valence-electron chi connectivity index (χ0n) is 24.2. The predicted molar refractivity (Wildman–Crippen MR) is 165 cm³/mol. The Labute approximate surface area is 258 Å². The van der Waals surface area contributed by atoms with E-state index in [0.29, 0.717) is 38.5 Å². The largest absolute Gasteiger partial charge is 0.309 e. The van der Waals surface area contributed by atoms with Crippen LogP contribution in [0.2, 0.25) is 0 Å². The summed E-state index contributed by atoms with van der Waals surface area (Å²) in [6, 6.07) is 20.8. The highest BCUT2D eigenvalue weighted by atomic mass is 32.2. The van der Waals surface area contributed by atoms with Gasteiger partial charge in [-0.05, 0) is 67.1 Å². The molecule has 4 heterocycles. The van der Waals surface area contributed by atoms with Gasteiger partial charge in [0.2, 0.25) is 31.9 Å². The first-order chi connectivity index (χ1) is 21.1. The van der Waals surface area contributed by atoms with Crippen LogP contribution in [-0.2, 0) is 42.5 Å². The molecule has 0 bridgehead atoms. The van der Waals surface area contributed by atoms with Gasteiger partial charge >= 0.3 is 0 Å². The molecule has 0 unspecified atom stereocenters. The summed E-state index contributed by atoms with van der Waals surface area (Å²) in [5.41, 5.74) is 3.78. The van der Waals surface area contributed by atoms with Gasteiger partial charge in [-0.15, -0.1) is 0 Å². The van der Waals surface area contributed by atoms with Gasteiger partial charge < -0.3 is 9.80 Å². The Hall–Kier alpha value is -3.58. The topological polar surface area (TPSA) is 115 Å². The molecule has 2 fully saturated rings. The van der Waals surface area contributed by atoms with Gasteiger partial charge in [-0.25, -0.2) is 16.8 Å². The van der Waals surface area contributed by atoms with Crippen LogP contribution in [-0.4, -0.2) is 75.5 Å². The summed E-state index contributed by atoms with van der Waals surface area (Å²) >= 11 is 0. The molecular formula is C32H34N4O6S2. The predicted octanol–water partition coefficient (Wildman–Crippen LogP) is 3.17. The van der Waals surface area contributed by atoms with Crippen molar-refractivity contribution < 1.29 is 26.4 Å². The quantitative estimate of drug-likeness (QED) is 0.412. The standard InChI is InChI=1S/C32H34N4O6S2/c37-31-20-23-6-1-3-10-29(23)35(31)25-12-16-33(17-13-25)43(39,40)27-8-5-9-28(22-27)44(41,42)34-18-14-26(15-19-34)36-30-11-4-2-7-24(30)21-32(36)38/h1-11,22,25-26H,12-21H2. The van der Waals surface area contributed by atoms with Crippen molar-refractivity contribution in [3.8, 4) is 0 Å². The fourth-order valence-corrected chi connectivity index (χ4v) is 10.2. The minimum absolute atomic E-state index is 0.0336. The van der Waals surface area contributed by atoms with E-state index < -0.39 is 20.0 Å². The first kappa shape index (κ1) is 29.1. The van der Waals surface area contributed by atoms with Crippen LogP contribution < -0.4 is 9.80 Å². The molecule has 2 amide bonds. The number of nitrogens with zero attached hydrogens (tertiary/aromatic N) is 4. The van der Waals surface area contributed by atoms with E-state index in [4.69, 9.17) is 0 Å². The van der Waals surface area contributed by atoms with Gasteiger partial charge in [0, 0.05) is 49.6 Å². The third kappa shape index (κ3) is 4.93. The molecule has 2 saturated heterocycles. The van der Waals surface area contributed by atoms with Crippen LogP contribution in [0.25, 0.3) is 0 Å². The van der Waals surface area contributed by atoms with E-state index >= 15 is 0 Å². The molecule has 3 aromatic carbocycles. The molecular weight excluding hydrogens is 601 g/mol. The summed E-state index contributed by atoms with van der Waals surface area (Å²) in [4.78, 5) is 29.0. The number of carbonyl (C=O) groups excluding carboxylic acids is 2. The van der Waals surface area contributed by atoms with Crippen LogP contribution >= 0.6 is 0 Å². The van der Waals surface area contributed by atoms with E-state index in [0.717, 1.165) is 22.5 Å². The van der Waals surface area contributed by atoms with Gasteiger partial charge in [0.25, 0.3) is 0 Å². The zero-order chi connectivity index (χ0) is 30.6. The first-order valence-corrected chi connectivity index (χ1v) is 17.9. The number of anilines is 2. The molecule has 0 aliphatic carbocycles. The average Bonchev–Trinajstić information content (AvgIpc) is 3.56. The third-order valence-corrected chi connectivity index (χ3v) is 13.2. The van der Waals surface area contributed by atoms with Crippen LogP contribution in [0.3, 0.4) is 0 Å². The van der Waals surface area contributed by atoms with Crippen LogP contribution in [0, 0.1) is 0 Å². The first-order valence-electron chi connectivity index (χ1n) is 15.0. The second-order valence-electron chi connectivity index (χ2n) is 11.9. The highest BCUT2D eigenvalue weighted by molar-refractivity contribution is 7.90. The van der Waals surface area contributed by atoms with Gasteiger partial charge in [0.15, 0.2) is 0 Å². The molecule has 0 N–H and O–H groups in total. The van der Waals surface area contributed by atoms with E-state index in [1.54, 1.807) is 0 Å². The van der Waals surface area contributed by atoms with E-state index in [2.05, 4.69) is 0 Å². The fourth-order valence-electron chi connectivity index (χ4n) is 7.13. The maximum Gasteiger partial charge on any atom is 0.243 e. The van der Waals surface area contributed by atoms with Gasteiger partial charge in [-0.2, -0.15) is 8.61 Å². The maximum atomic E-state index is 13.7. The van der Waals surface area contributed by atoms with Crippen molar-refractivity contribution >= 4 is 43.2 Å². The van der Waals surface area contributed by atoms with Gasteiger partial charge in [0.05, 0.1) is 22.6 Å². The SMILES string of the molecule is O=C1Cc2ccccc2N1C1CCN(S(=O)(=O)c2cccc(S(=O)(=O)N3CCC(N4C(=O)Cc5ccccc54)CC3)c2)CC1. The number of hydrogen-bond acceptors (Lipinski definition) is 6. The highest BCUT2D eigenvalue weighted by Gasteiger charge is 2.39. The molecule has 12 heteroatoms. The molecule has 230 valence electrons. The summed E-state index contributed by atoms with van der Waals surface area (Å²) in [6.45, 7) is 0.952. The van der Waals surface area contributed by atoms with Crippen molar-refractivity contribution in [1.82, 2.24) is 8.61 Å². The third-order valence-electron chi connectivity index (χ3n) is 9.38.